The van der Waals surface area contributed by atoms with Crippen LogP contribution in [0.2, 0.25) is 0 Å². The third-order valence-electron chi connectivity index (χ3n) is 4.58. The van der Waals surface area contributed by atoms with Crippen LogP contribution in [-0.4, -0.2) is 45.4 Å². The Morgan fingerprint density at radius 1 is 0.697 bits per heavy atom. The third kappa shape index (κ3) is 6.64. The number of hydrogen-bond donors (Lipinski definition) is 2. The standard InChI is InChI=1S/C16H17NO3.C9H10O4/c1-19-14-10-6-9-13(15(14)20-2)16(18)17-11-12-7-4-3-5-8-12;1-12-7-5-3-4-6(9(10)11)8(7)13-2/h3-10H,11H2,1-2H3,(H,17,18);3-5H,1-2H3,(H,10,11). The highest BCUT2D eigenvalue weighted by molar-refractivity contribution is 5.97. The first-order chi connectivity index (χ1) is 16.0. The topological polar surface area (TPSA) is 103 Å². The number of benzene rings is 3. The Balaban J connectivity index is 0.000000257. The number of amides is 1. The largest absolute Gasteiger partial charge is 0.493 e. The Morgan fingerprint density at radius 3 is 1.70 bits per heavy atom. The lowest BCUT2D eigenvalue weighted by molar-refractivity contribution is 0.0692. The molecule has 3 aromatic carbocycles. The number of carboxylic acid groups (broad SMARTS) is 1. The summed E-state index contributed by atoms with van der Waals surface area (Å²) in [5.41, 5.74) is 1.60. The number of nitrogens with one attached hydrogen (secondary N) is 1. The molecular weight excluding hydrogens is 426 g/mol. The van der Waals surface area contributed by atoms with E-state index in [0.29, 0.717) is 29.4 Å². The molecule has 2 N–H and O–H groups in total. The first-order valence-corrected chi connectivity index (χ1v) is 9.94. The van der Waals surface area contributed by atoms with Crippen molar-refractivity contribution in [3.05, 3.63) is 83.4 Å². The number of rotatable bonds is 8. The summed E-state index contributed by atoms with van der Waals surface area (Å²) >= 11 is 0. The van der Waals surface area contributed by atoms with Crippen LogP contribution < -0.4 is 24.3 Å². The highest BCUT2D eigenvalue weighted by Gasteiger charge is 2.16. The molecule has 33 heavy (non-hydrogen) atoms. The van der Waals surface area contributed by atoms with Crippen molar-refractivity contribution in [2.75, 3.05) is 28.4 Å². The van der Waals surface area contributed by atoms with Crippen molar-refractivity contribution in [2.24, 2.45) is 0 Å². The van der Waals surface area contributed by atoms with Gasteiger partial charge in [0, 0.05) is 6.54 Å². The lowest BCUT2D eigenvalue weighted by Gasteiger charge is -2.12. The Labute approximate surface area is 192 Å². The van der Waals surface area contributed by atoms with Gasteiger partial charge in [0.05, 0.1) is 34.0 Å². The Kier molecular flexibility index (Phi) is 9.57. The quantitative estimate of drug-likeness (QED) is 0.531. The fourth-order valence-corrected chi connectivity index (χ4v) is 2.99. The molecule has 8 nitrogen and oxygen atoms in total. The van der Waals surface area contributed by atoms with Gasteiger partial charge in [0.25, 0.3) is 5.91 Å². The molecule has 0 unspecified atom stereocenters. The molecule has 8 heteroatoms. The molecule has 0 radical (unpaired) electrons. The Morgan fingerprint density at radius 2 is 1.21 bits per heavy atom. The molecule has 0 bridgehead atoms. The smallest absolute Gasteiger partial charge is 0.339 e. The van der Waals surface area contributed by atoms with E-state index in [4.69, 9.17) is 24.1 Å². The molecule has 0 aliphatic heterocycles. The predicted octanol–water partition coefficient (Wildman–Crippen LogP) is 4.04. The van der Waals surface area contributed by atoms with Gasteiger partial charge in [-0.3, -0.25) is 4.79 Å². The molecule has 0 saturated heterocycles. The number of hydrogen-bond acceptors (Lipinski definition) is 6. The van der Waals surface area contributed by atoms with E-state index in [-0.39, 0.29) is 17.2 Å². The second-order valence-electron chi connectivity index (χ2n) is 6.56. The summed E-state index contributed by atoms with van der Waals surface area (Å²) in [6.07, 6.45) is 0. The number of ether oxygens (including phenoxy) is 4. The summed E-state index contributed by atoms with van der Waals surface area (Å²) < 4.78 is 20.3. The van der Waals surface area contributed by atoms with Crippen molar-refractivity contribution in [2.45, 2.75) is 6.54 Å². The zero-order valence-corrected chi connectivity index (χ0v) is 19.0. The van der Waals surface area contributed by atoms with Gasteiger partial charge in [-0.05, 0) is 29.8 Å². The lowest BCUT2D eigenvalue weighted by Crippen LogP contribution is -2.23. The van der Waals surface area contributed by atoms with Gasteiger partial charge in [0.2, 0.25) is 0 Å². The monoisotopic (exact) mass is 453 g/mol. The van der Waals surface area contributed by atoms with Gasteiger partial charge in [0.1, 0.15) is 5.56 Å². The van der Waals surface area contributed by atoms with Crippen LogP contribution in [0.1, 0.15) is 26.3 Å². The van der Waals surface area contributed by atoms with E-state index in [1.54, 1.807) is 37.4 Å². The zero-order chi connectivity index (χ0) is 24.2. The van der Waals surface area contributed by atoms with Crippen LogP contribution in [0.3, 0.4) is 0 Å². The van der Waals surface area contributed by atoms with E-state index in [1.807, 2.05) is 30.3 Å². The summed E-state index contributed by atoms with van der Waals surface area (Å²) in [4.78, 5) is 22.9. The maximum absolute atomic E-state index is 12.2. The summed E-state index contributed by atoms with van der Waals surface area (Å²) in [6, 6.07) is 19.7. The van der Waals surface area contributed by atoms with Gasteiger partial charge in [-0.2, -0.15) is 0 Å². The maximum Gasteiger partial charge on any atom is 0.339 e. The van der Waals surface area contributed by atoms with E-state index in [1.165, 1.54) is 27.4 Å². The summed E-state index contributed by atoms with van der Waals surface area (Å²) in [7, 11) is 5.93. The SMILES string of the molecule is COc1cccc(C(=O)NCc2ccccc2)c1OC.COc1cccc(C(=O)O)c1OC. The van der Waals surface area contributed by atoms with E-state index < -0.39 is 5.97 Å². The van der Waals surface area contributed by atoms with Crippen molar-refractivity contribution in [3.8, 4) is 23.0 Å². The first kappa shape index (κ1) is 25.1. The van der Waals surface area contributed by atoms with Gasteiger partial charge in [-0.15, -0.1) is 0 Å². The summed E-state index contributed by atoms with van der Waals surface area (Å²) in [5, 5.41) is 11.6. The van der Waals surface area contributed by atoms with Crippen molar-refractivity contribution >= 4 is 11.9 Å². The third-order valence-corrected chi connectivity index (χ3v) is 4.58. The maximum atomic E-state index is 12.2. The van der Waals surface area contributed by atoms with Gasteiger partial charge in [0.15, 0.2) is 23.0 Å². The minimum atomic E-state index is -1.03. The van der Waals surface area contributed by atoms with Crippen LogP contribution in [0, 0.1) is 0 Å². The summed E-state index contributed by atoms with van der Waals surface area (Å²) in [6.45, 7) is 0.472. The number of carbonyl (C=O) groups is 2. The molecule has 0 fully saturated rings. The van der Waals surface area contributed by atoms with Crippen LogP contribution in [0.15, 0.2) is 66.7 Å². The van der Waals surface area contributed by atoms with Gasteiger partial charge >= 0.3 is 5.97 Å². The van der Waals surface area contributed by atoms with Crippen molar-refractivity contribution in [1.29, 1.82) is 0 Å². The molecule has 0 aliphatic carbocycles. The molecular formula is C25H27NO7. The number of aromatic carboxylic acids is 1. The summed E-state index contributed by atoms with van der Waals surface area (Å²) in [5.74, 6) is 0.431. The number of methoxy groups -OCH3 is 4. The fraction of sp³-hybridized carbons (Fsp3) is 0.200. The van der Waals surface area contributed by atoms with Gasteiger partial charge in [-0.25, -0.2) is 4.79 Å². The molecule has 0 saturated carbocycles. The molecule has 0 heterocycles. The average molecular weight is 453 g/mol. The molecule has 3 aromatic rings. The fourth-order valence-electron chi connectivity index (χ4n) is 2.99. The van der Waals surface area contributed by atoms with E-state index in [9.17, 15) is 9.59 Å². The molecule has 0 spiro atoms. The Hall–Kier alpha value is -4.20. The van der Waals surface area contributed by atoms with E-state index in [0.717, 1.165) is 5.56 Å². The number of para-hydroxylation sites is 2. The minimum Gasteiger partial charge on any atom is -0.493 e. The van der Waals surface area contributed by atoms with Crippen LogP contribution in [0.25, 0.3) is 0 Å². The number of carbonyl (C=O) groups excluding carboxylic acids is 1. The predicted molar refractivity (Wildman–Crippen MR) is 124 cm³/mol. The van der Waals surface area contributed by atoms with Crippen molar-refractivity contribution in [1.82, 2.24) is 5.32 Å². The van der Waals surface area contributed by atoms with Gasteiger partial charge in [-0.1, -0.05) is 42.5 Å². The van der Waals surface area contributed by atoms with Crippen LogP contribution in [0.5, 0.6) is 23.0 Å². The van der Waals surface area contributed by atoms with Crippen LogP contribution in [0.4, 0.5) is 0 Å². The minimum absolute atomic E-state index is 0.0989. The Bertz CT molecular complexity index is 1070. The van der Waals surface area contributed by atoms with Crippen molar-refractivity contribution in [3.63, 3.8) is 0 Å². The van der Waals surface area contributed by atoms with E-state index >= 15 is 0 Å². The normalized spacial score (nSPS) is 9.70. The first-order valence-electron chi connectivity index (χ1n) is 9.94. The molecule has 0 atom stereocenters. The average Bonchev–Trinajstić information content (AvgIpc) is 2.86. The highest BCUT2D eigenvalue weighted by atomic mass is 16.5. The zero-order valence-electron chi connectivity index (χ0n) is 19.0. The second-order valence-corrected chi connectivity index (χ2v) is 6.56. The van der Waals surface area contributed by atoms with Gasteiger partial charge < -0.3 is 29.4 Å². The molecule has 174 valence electrons. The van der Waals surface area contributed by atoms with Crippen molar-refractivity contribution < 1.29 is 33.6 Å². The second kappa shape index (κ2) is 12.6. The van der Waals surface area contributed by atoms with Crippen LogP contribution >= 0.6 is 0 Å². The molecule has 3 rings (SSSR count). The lowest BCUT2D eigenvalue weighted by atomic mass is 10.1. The molecule has 0 aromatic heterocycles. The van der Waals surface area contributed by atoms with E-state index in [2.05, 4.69) is 5.32 Å². The highest BCUT2D eigenvalue weighted by Crippen LogP contribution is 2.31. The molecule has 1 amide bonds. The number of carboxylic acids is 1. The molecule has 0 aliphatic rings. The van der Waals surface area contributed by atoms with Crippen LogP contribution in [-0.2, 0) is 6.54 Å².